The molecule has 0 aliphatic heterocycles. The van der Waals surface area contributed by atoms with Crippen molar-refractivity contribution in [3.05, 3.63) is 23.3 Å². The first kappa shape index (κ1) is 17.0. The summed E-state index contributed by atoms with van der Waals surface area (Å²) in [5.74, 6) is -0.499. The zero-order valence-electron chi connectivity index (χ0n) is 14.0. The van der Waals surface area contributed by atoms with E-state index < -0.39 is 21.8 Å². The first-order valence-electron chi connectivity index (χ1n) is 7.98. The molecule has 1 aromatic rings. The maximum atomic E-state index is 12.6. The standard InChI is InChI=1S/C17H21NO5S/c1-9-10(2)16(5-4-15(9)23-3)24(21,22)18-17(20)13-7-11-6-12(13)14(19)8-11/h4-5,11-13H,6-8H2,1-3H3,(H,18,20)/t11-,12+,13?/m0/s1. The summed E-state index contributed by atoms with van der Waals surface area (Å²) in [7, 11) is -2.46. The van der Waals surface area contributed by atoms with Crippen molar-refractivity contribution in [2.75, 3.05) is 7.11 Å². The lowest BCUT2D eigenvalue weighted by Gasteiger charge is -2.20. The van der Waals surface area contributed by atoms with Gasteiger partial charge in [-0.1, -0.05) is 0 Å². The molecule has 1 aromatic carbocycles. The Hall–Kier alpha value is -1.89. The van der Waals surface area contributed by atoms with Crippen LogP contribution in [-0.4, -0.2) is 27.2 Å². The number of nitrogens with one attached hydrogen (secondary N) is 1. The smallest absolute Gasteiger partial charge is 0.264 e. The molecule has 2 aliphatic rings. The fourth-order valence-electron chi connectivity index (χ4n) is 3.94. The predicted molar refractivity (Wildman–Crippen MR) is 87.1 cm³/mol. The lowest BCUT2D eigenvalue weighted by molar-refractivity contribution is -0.132. The average Bonchev–Trinajstić information content (AvgIpc) is 3.08. The van der Waals surface area contributed by atoms with Gasteiger partial charge in [0.25, 0.3) is 10.0 Å². The highest BCUT2D eigenvalue weighted by Gasteiger charge is 2.49. The molecule has 2 bridgehead atoms. The predicted octanol–water partition coefficient (Wildman–Crippen LogP) is 1.73. The van der Waals surface area contributed by atoms with Gasteiger partial charge < -0.3 is 4.74 Å². The van der Waals surface area contributed by atoms with Crippen molar-refractivity contribution in [3.8, 4) is 5.75 Å². The van der Waals surface area contributed by atoms with Crippen LogP contribution < -0.4 is 9.46 Å². The van der Waals surface area contributed by atoms with E-state index in [1.807, 2.05) is 0 Å². The Morgan fingerprint density at radius 3 is 2.50 bits per heavy atom. The Balaban J connectivity index is 1.83. The number of amides is 1. The second kappa shape index (κ2) is 5.88. The van der Waals surface area contributed by atoms with E-state index >= 15 is 0 Å². The van der Waals surface area contributed by atoms with Gasteiger partial charge in [-0.05, 0) is 55.9 Å². The van der Waals surface area contributed by atoms with E-state index in [0.29, 0.717) is 36.1 Å². The number of ether oxygens (including phenoxy) is 1. The number of sulfonamides is 1. The third-order valence-corrected chi connectivity index (χ3v) is 6.82. The molecule has 1 amide bonds. The Morgan fingerprint density at radius 2 is 1.92 bits per heavy atom. The third-order valence-electron chi connectivity index (χ3n) is 5.33. The van der Waals surface area contributed by atoms with Crippen molar-refractivity contribution in [1.82, 2.24) is 4.72 Å². The van der Waals surface area contributed by atoms with Gasteiger partial charge >= 0.3 is 0 Å². The fraction of sp³-hybridized carbons (Fsp3) is 0.529. The van der Waals surface area contributed by atoms with Gasteiger partial charge in [-0.3, -0.25) is 9.59 Å². The molecule has 0 radical (unpaired) electrons. The van der Waals surface area contributed by atoms with Crippen LogP contribution in [0.1, 0.15) is 30.4 Å². The summed E-state index contributed by atoms with van der Waals surface area (Å²) in [6, 6.07) is 3.01. The van der Waals surface area contributed by atoms with Gasteiger partial charge in [-0.25, -0.2) is 13.1 Å². The van der Waals surface area contributed by atoms with Gasteiger partial charge in [0.15, 0.2) is 0 Å². The number of benzene rings is 1. The highest BCUT2D eigenvalue weighted by molar-refractivity contribution is 7.90. The Bertz CT molecular complexity index is 815. The molecule has 2 saturated carbocycles. The first-order chi connectivity index (χ1) is 11.2. The van der Waals surface area contributed by atoms with Gasteiger partial charge in [0.05, 0.1) is 12.0 Å². The number of carbonyl (C=O) groups excluding carboxylic acids is 2. The number of fused-ring (bicyclic) bond motifs is 2. The molecular weight excluding hydrogens is 330 g/mol. The zero-order chi connectivity index (χ0) is 17.6. The number of hydrogen-bond donors (Lipinski definition) is 1. The number of carbonyl (C=O) groups is 2. The second-order valence-corrected chi connectivity index (χ2v) is 8.36. The SMILES string of the molecule is COc1ccc(S(=O)(=O)NC(=O)C2C[C@H]3CC(=O)[C@@H]2C3)c(C)c1C. The van der Waals surface area contributed by atoms with Gasteiger partial charge in [0.2, 0.25) is 5.91 Å². The third kappa shape index (κ3) is 2.70. The molecule has 1 N–H and O–H groups in total. The van der Waals surface area contributed by atoms with Crippen LogP contribution in [0.2, 0.25) is 0 Å². The lowest BCUT2D eigenvalue weighted by Crippen LogP contribution is -2.39. The quantitative estimate of drug-likeness (QED) is 0.892. The molecular formula is C17H21NO5S. The largest absolute Gasteiger partial charge is 0.496 e. The fourth-order valence-corrected chi connectivity index (χ4v) is 5.27. The summed E-state index contributed by atoms with van der Waals surface area (Å²) in [6.45, 7) is 3.45. The van der Waals surface area contributed by atoms with Crippen molar-refractivity contribution in [2.24, 2.45) is 17.8 Å². The van der Waals surface area contributed by atoms with Crippen molar-refractivity contribution in [2.45, 2.75) is 38.0 Å². The highest BCUT2D eigenvalue weighted by Crippen LogP contribution is 2.46. The van der Waals surface area contributed by atoms with Crippen molar-refractivity contribution < 1.29 is 22.7 Å². The van der Waals surface area contributed by atoms with Gasteiger partial charge in [-0.2, -0.15) is 0 Å². The van der Waals surface area contributed by atoms with E-state index in [2.05, 4.69) is 4.72 Å². The molecule has 0 aromatic heterocycles. The zero-order valence-corrected chi connectivity index (χ0v) is 14.8. The van der Waals surface area contributed by atoms with Crippen molar-refractivity contribution in [3.63, 3.8) is 0 Å². The summed E-state index contributed by atoms with van der Waals surface area (Å²) in [6.07, 6.45) is 1.83. The summed E-state index contributed by atoms with van der Waals surface area (Å²) >= 11 is 0. The summed E-state index contributed by atoms with van der Waals surface area (Å²) < 4.78 is 32.6. The molecule has 24 heavy (non-hydrogen) atoms. The topological polar surface area (TPSA) is 89.5 Å². The van der Waals surface area contributed by atoms with Gasteiger partial charge in [-0.15, -0.1) is 0 Å². The second-order valence-electron chi connectivity index (χ2n) is 6.71. The minimum absolute atomic E-state index is 0.0589. The Labute approximate surface area is 141 Å². The molecule has 2 fully saturated rings. The van der Waals surface area contributed by atoms with E-state index in [0.717, 1.165) is 0 Å². The maximum absolute atomic E-state index is 12.6. The molecule has 0 saturated heterocycles. The number of ketones is 1. The molecule has 0 heterocycles. The van der Waals surface area contributed by atoms with Crippen LogP contribution in [0.5, 0.6) is 5.75 Å². The van der Waals surface area contributed by atoms with E-state index in [-0.39, 0.29) is 22.5 Å². The minimum atomic E-state index is -3.98. The molecule has 1 unspecified atom stereocenters. The molecule has 130 valence electrons. The highest BCUT2D eigenvalue weighted by atomic mass is 32.2. The minimum Gasteiger partial charge on any atom is -0.496 e. The van der Waals surface area contributed by atoms with Crippen LogP contribution in [0.4, 0.5) is 0 Å². The first-order valence-corrected chi connectivity index (χ1v) is 9.46. The van der Waals surface area contributed by atoms with Crippen LogP contribution in [0, 0.1) is 31.6 Å². The molecule has 6 nitrogen and oxygen atoms in total. The monoisotopic (exact) mass is 351 g/mol. The maximum Gasteiger partial charge on any atom is 0.264 e. The van der Waals surface area contributed by atoms with Crippen LogP contribution in [0.25, 0.3) is 0 Å². The van der Waals surface area contributed by atoms with Crippen LogP contribution in [0.15, 0.2) is 17.0 Å². The number of hydrogen-bond acceptors (Lipinski definition) is 5. The Kier molecular flexibility index (Phi) is 4.15. The number of Topliss-reactive ketones (excluding diaryl/α,β-unsaturated/α-hetero) is 1. The molecule has 7 heteroatoms. The summed E-state index contributed by atoms with van der Waals surface area (Å²) in [4.78, 5) is 24.3. The van der Waals surface area contributed by atoms with Gasteiger partial charge in [0, 0.05) is 18.3 Å². The van der Waals surface area contributed by atoms with E-state index in [4.69, 9.17) is 4.74 Å². The van der Waals surface area contributed by atoms with Gasteiger partial charge in [0.1, 0.15) is 11.5 Å². The lowest BCUT2D eigenvalue weighted by atomic mass is 9.87. The number of methoxy groups -OCH3 is 1. The molecule has 0 spiro atoms. The Morgan fingerprint density at radius 1 is 1.21 bits per heavy atom. The van der Waals surface area contributed by atoms with E-state index in [1.165, 1.54) is 13.2 Å². The molecule has 3 rings (SSSR count). The number of rotatable bonds is 4. The van der Waals surface area contributed by atoms with Crippen LogP contribution in [0.3, 0.4) is 0 Å². The van der Waals surface area contributed by atoms with Crippen molar-refractivity contribution >= 4 is 21.7 Å². The normalized spacial score (nSPS) is 25.8. The van der Waals surface area contributed by atoms with E-state index in [9.17, 15) is 18.0 Å². The van der Waals surface area contributed by atoms with E-state index in [1.54, 1.807) is 19.9 Å². The van der Waals surface area contributed by atoms with Crippen molar-refractivity contribution in [1.29, 1.82) is 0 Å². The molecule has 2 aliphatic carbocycles. The van der Waals surface area contributed by atoms with Crippen LogP contribution in [-0.2, 0) is 19.6 Å². The summed E-state index contributed by atoms with van der Waals surface area (Å²) in [5, 5.41) is 0. The van der Waals surface area contributed by atoms with Crippen LogP contribution >= 0.6 is 0 Å². The summed E-state index contributed by atoms with van der Waals surface area (Å²) in [5.41, 5.74) is 1.25. The molecule has 3 atom stereocenters. The average molecular weight is 351 g/mol.